The van der Waals surface area contributed by atoms with E-state index in [4.69, 9.17) is 18.4 Å². The van der Waals surface area contributed by atoms with Gasteiger partial charge in [0.2, 0.25) is 9.04 Å². The lowest BCUT2D eigenvalue weighted by Crippen LogP contribution is -2.44. The molecule has 0 saturated carbocycles. The fourth-order valence-corrected chi connectivity index (χ4v) is 16.6. The lowest BCUT2D eigenvalue weighted by molar-refractivity contribution is 0.286. The molecule has 0 radical (unpaired) electrons. The Kier molecular flexibility index (Phi) is 14.5. The van der Waals surface area contributed by atoms with Gasteiger partial charge < -0.3 is 18.4 Å². The first-order valence-corrected chi connectivity index (χ1v) is 20.5. The highest BCUT2D eigenvalue weighted by Gasteiger charge is 2.31. The highest BCUT2D eigenvalue weighted by molar-refractivity contribution is 6.84. The van der Waals surface area contributed by atoms with Crippen molar-refractivity contribution in [3.8, 4) is 0 Å². The second-order valence-electron chi connectivity index (χ2n) is 9.42. The number of benzene rings is 2. The van der Waals surface area contributed by atoms with Crippen LogP contribution in [-0.2, 0) is 8.23 Å². The maximum Gasteiger partial charge on any atom is 0.227 e. The average Bonchev–Trinajstić information content (AvgIpc) is 2.76. The van der Waals surface area contributed by atoms with Crippen LogP contribution in [0.5, 0.6) is 0 Å². The van der Waals surface area contributed by atoms with Crippen LogP contribution in [0.3, 0.4) is 0 Å². The third kappa shape index (κ3) is 12.4. The summed E-state index contributed by atoms with van der Waals surface area (Å²) in [5.41, 5.74) is 0. The summed E-state index contributed by atoms with van der Waals surface area (Å²) in [5.74, 6) is 0. The van der Waals surface area contributed by atoms with Crippen LogP contribution < -0.4 is 10.4 Å². The first-order chi connectivity index (χ1) is 15.2. The number of unbranched alkanes of at least 4 members (excludes halogenated alkanes) is 2. The van der Waals surface area contributed by atoms with Gasteiger partial charge >= 0.3 is 0 Å². The molecule has 32 heavy (non-hydrogen) atoms. The largest absolute Gasteiger partial charge is 0.459 e. The quantitative estimate of drug-likeness (QED) is 0.323. The Balaban J connectivity index is 0.000000321. The smallest absolute Gasteiger partial charge is 0.227 e. The van der Waals surface area contributed by atoms with Crippen molar-refractivity contribution in [2.75, 3.05) is 13.2 Å². The topological polar surface area (TPSA) is 58.9 Å². The van der Waals surface area contributed by atoms with E-state index in [1.807, 2.05) is 12.1 Å². The monoisotopic (exact) mass is 508 g/mol. The molecule has 0 aromatic heterocycles. The Bertz CT molecular complexity index is 655. The van der Waals surface area contributed by atoms with Crippen molar-refractivity contribution < 1.29 is 18.4 Å². The summed E-state index contributed by atoms with van der Waals surface area (Å²) in [5, 5.41) is 20.3. The van der Waals surface area contributed by atoms with E-state index < -0.39 is 25.7 Å². The summed E-state index contributed by atoms with van der Waals surface area (Å²) in [4.78, 5) is 0. The minimum absolute atomic E-state index is 0.293. The molecule has 2 aromatic rings. The Labute approximate surface area is 202 Å². The summed E-state index contributed by atoms with van der Waals surface area (Å²) in [7, 11) is -3.66. The van der Waals surface area contributed by atoms with Gasteiger partial charge in [-0.05, 0) is 61.5 Å². The van der Waals surface area contributed by atoms with E-state index in [2.05, 4.69) is 74.7 Å². The fourth-order valence-electron chi connectivity index (χ4n) is 3.90. The number of rotatable bonds is 13. The summed E-state index contributed by atoms with van der Waals surface area (Å²) in [6.45, 7) is 9.72. The van der Waals surface area contributed by atoms with Gasteiger partial charge in [0.15, 0.2) is 16.6 Å². The van der Waals surface area contributed by atoms with Crippen molar-refractivity contribution in [2.24, 2.45) is 0 Å². The van der Waals surface area contributed by atoms with E-state index in [9.17, 15) is 0 Å². The van der Waals surface area contributed by atoms with Crippen LogP contribution >= 0.6 is 0 Å². The first kappa shape index (κ1) is 29.2. The molecule has 0 heterocycles. The van der Waals surface area contributed by atoms with Crippen molar-refractivity contribution in [1.82, 2.24) is 0 Å². The molecule has 8 heteroatoms. The van der Waals surface area contributed by atoms with Crippen LogP contribution in [0.2, 0.25) is 38.3 Å². The lowest BCUT2D eigenvalue weighted by Gasteiger charge is -2.34. The number of hydrogen-bond donors (Lipinski definition) is 2. The summed E-state index contributed by atoms with van der Waals surface area (Å²) in [6.07, 6.45) is 3.95. The van der Waals surface area contributed by atoms with Crippen molar-refractivity contribution in [1.29, 1.82) is 0 Å². The Morgan fingerprint density at radius 2 is 1.06 bits per heavy atom. The van der Waals surface area contributed by atoms with E-state index in [-0.39, 0.29) is 0 Å². The molecular weight excluding hydrogens is 465 g/mol. The zero-order valence-corrected chi connectivity index (χ0v) is 25.9. The average molecular weight is 509 g/mol. The number of hydrogen-bond acceptors (Lipinski definition) is 4. The van der Waals surface area contributed by atoms with Gasteiger partial charge in [-0.2, -0.15) is 0 Å². The van der Waals surface area contributed by atoms with Crippen LogP contribution in [0, 0.1) is 0 Å². The molecule has 180 valence electrons. The van der Waals surface area contributed by atoms with Crippen LogP contribution in [0.4, 0.5) is 0 Å². The van der Waals surface area contributed by atoms with Gasteiger partial charge in [0.25, 0.3) is 0 Å². The Hall–Kier alpha value is -0.852. The summed E-state index contributed by atoms with van der Waals surface area (Å²) >= 11 is 0. The summed E-state index contributed by atoms with van der Waals surface area (Å²) < 4.78 is 12.2. The fraction of sp³-hybridized carbons (Fsp3) is 0.500. The van der Waals surface area contributed by atoms with Gasteiger partial charge in [-0.25, -0.2) is 0 Å². The number of aliphatic hydroxyl groups is 2. The molecule has 4 nitrogen and oxygen atoms in total. The summed E-state index contributed by atoms with van der Waals surface area (Å²) in [6, 6.07) is 23.4. The van der Waals surface area contributed by atoms with Crippen LogP contribution in [0.15, 0.2) is 60.7 Å². The van der Waals surface area contributed by atoms with Crippen molar-refractivity contribution >= 4 is 46.5 Å². The molecule has 0 aliphatic heterocycles. The molecule has 0 unspecified atom stereocenters. The van der Waals surface area contributed by atoms with Gasteiger partial charge in [-0.15, -0.1) is 0 Å². The first-order valence-electron chi connectivity index (χ1n) is 11.8. The highest BCUT2D eigenvalue weighted by atomic mass is 28.4. The van der Waals surface area contributed by atoms with Gasteiger partial charge in [0, 0.05) is 13.2 Å². The van der Waals surface area contributed by atoms with Gasteiger partial charge in [0.1, 0.15) is 10.5 Å². The SMILES string of the molecule is C[Si](C)(CCCCO)O[Si](C)(C)CCCCO.[SiH3]O[SiH](c1ccccc1)c1ccccc1. The normalized spacial score (nSPS) is 12.0. The zero-order chi connectivity index (χ0) is 23.9. The van der Waals surface area contributed by atoms with Crippen LogP contribution in [-0.4, -0.2) is 59.6 Å². The van der Waals surface area contributed by atoms with E-state index in [1.54, 1.807) is 0 Å². The molecular formula is C24H44O4Si4. The minimum atomic E-state index is -1.55. The standard InChI is InChI=1S/C12H30O3Si2.C12H14OSi2/c1-16(2,11-7-5-9-13)15-17(3,4)12-8-6-10-14;14-13-15(11-7-3-1-4-8-11)12-9-5-2-6-10-12/h13-14H,5-12H2,1-4H3;1-10,15H,14H3. The maximum absolute atomic E-state index is 8.80. The van der Waals surface area contributed by atoms with E-state index >= 15 is 0 Å². The van der Waals surface area contributed by atoms with Crippen LogP contribution in [0.1, 0.15) is 25.7 Å². The van der Waals surface area contributed by atoms with E-state index in [0.717, 1.165) is 48.3 Å². The van der Waals surface area contributed by atoms with Crippen LogP contribution in [0.25, 0.3) is 0 Å². The van der Waals surface area contributed by atoms with E-state index in [0.29, 0.717) is 13.2 Å². The van der Waals surface area contributed by atoms with Gasteiger partial charge in [0.05, 0.1) is 0 Å². The molecule has 0 saturated heterocycles. The van der Waals surface area contributed by atoms with Crippen molar-refractivity contribution in [3.63, 3.8) is 0 Å². The van der Waals surface area contributed by atoms with Crippen molar-refractivity contribution in [2.45, 2.75) is 64.0 Å². The third-order valence-corrected chi connectivity index (χ3v) is 16.8. The Morgan fingerprint density at radius 1 is 0.688 bits per heavy atom. The zero-order valence-electron chi connectivity index (χ0n) is 20.7. The molecule has 0 aliphatic rings. The molecule has 2 aromatic carbocycles. The number of aliphatic hydroxyl groups excluding tert-OH is 2. The highest BCUT2D eigenvalue weighted by Crippen LogP contribution is 2.24. The lowest BCUT2D eigenvalue weighted by atomic mass is 10.4. The van der Waals surface area contributed by atoms with E-state index in [1.165, 1.54) is 10.4 Å². The molecule has 0 atom stereocenters. The molecule has 2 N–H and O–H groups in total. The maximum atomic E-state index is 8.80. The predicted octanol–water partition coefficient (Wildman–Crippen LogP) is 2.78. The second-order valence-corrected chi connectivity index (χ2v) is 22.3. The molecule has 2 rings (SSSR count). The molecule has 0 bridgehead atoms. The minimum Gasteiger partial charge on any atom is -0.459 e. The Morgan fingerprint density at radius 3 is 1.38 bits per heavy atom. The van der Waals surface area contributed by atoms with Gasteiger partial charge in [-0.3, -0.25) is 0 Å². The van der Waals surface area contributed by atoms with Gasteiger partial charge in [-0.1, -0.05) is 73.5 Å². The molecule has 0 amide bonds. The second kappa shape index (κ2) is 15.9. The van der Waals surface area contributed by atoms with Crippen molar-refractivity contribution in [3.05, 3.63) is 60.7 Å². The predicted molar refractivity (Wildman–Crippen MR) is 149 cm³/mol. The molecule has 0 spiro atoms. The molecule has 0 aliphatic carbocycles. The third-order valence-electron chi connectivity index (χ3n) is 5.37. The molecule has 0 fully saturated rings.